The maximum absolute atomic E-state index is 11.7. The Balaban J connectivity index is 0.000000213. The summed E-state index contributed by atoms with van der Waals surface area (Å²) in [5, 5.41) is 12.0. The lowest BCUT2D eigenvalue weighted by molar-refractivity contribution is -0.151. The molecule has 0 saturated carbocycles. The third-order valence-corrected chi connectivity index (χ3v) is 6.45. The highest BCUT2D eigenvalue weighted by Gasteiger charge is 2.65. The van der Waals surface area contributed by atoms with E-state index < -0.39 is 16.9 Å². The first-order chi connectivity index (χ1) is 11.8. The molecule has 0 aromatic heterocycles. The monoisotopic (exact) mass is 364 g/mol. The van der Waals surface area contributed by atoms with Crippen molar-refractivity contribution in [3.8, 4) is 11.5 Å². The van der Waals surface area contributed by atoms with E-state index in [1.165, 1.54) is 23.6 Å². The summed E-state index contributed by atoms with van der Waals surface area (Å²) in [6.45, 7) is 4.92. The Morgan fingerprint density at radius 1 is 1.36 bits per heavy atom. The van der Waals surface area contributed by atoms with Crippen molar-refractivity contribution in [1.82, 2.24) is 10.2 Å². The van der Waals surface area contributed by atoms with Crippen LogP contribution in [0.25, 0.3) is 0 Å². The Morgan fingerprint density at radius 3 is 2.36 bits per heavy atom. The first-order valence-electron chi connectivity index (χ1n) is 8.03. The summed E-state index contributed by atoms with van der Waals surface area (Å²) in [5.41, 5.74) is 0. The van der Waals surface area contributed by atoms with Gasteiger partial charge >= 0.3 is 5.97 Å². The quantitative estimate of drug-likeness (QED) is 0.639. The molecule has 3 aliphatic heterocycles. The first-order valence-corrected chi connectivity index (χ1v) is 8.91. The number of carbonyl (C=O) groups is 3. The molecule has 2 N–H and O–H groups in total. The van der Waals surface area contributed by atoms with E-state index >= 15 is 0 Å². The van der Waals surface area contributed by atoms with Crippen molar-refractivity contribution >= 4 is 29.5 Å². The summed E-state index contributed by atoms with van der Waals surface area (Å²) >= 11 is 1.27. The maximum atomic E-state index is 11.7. The number of ether oxygens (including phenoxy) is 1. The number of nitrogens with one attached hydrogen (secondary N) is 1. The summed E-state index contributed by atoms with van der Waals surface area (Å²) in [6, 6.07) is 7.84. The van der Waals surface area contributed by atoms with E-state index in [1.54, 1.807) is 13.8 Å². The summed E-state index contributed by atoms with van der Waals surface area (Å²) in [7, 11) is 0. The molecular formula is C17H20N2O5S. The predicted octanol–water partition coefficient (Wildman–Crippen LogP) is 2.03. The molecule has 7 nitrogen and oxygen atoms in total. The zero-order valence-corrected chi connectivity index (χ0v) is 15.0. The minimum absolute atomic E-state index is 0.102. The number of rotatable bonds is 3. The van der Waals surface area contributed by atoms with E-state index in [9.17, 15) is 19.5 Å². The number of carboxylic acid groups (broad SMARTS) is 1. The minimum atomic E-state index is -1.16. The SMILES string of the molecule is CC(=O)NC1N2C(=O)C[C@H]2SC1(C(=O)O)C(C)C.c1ccc2c(c1)O2. The van der Waals surface area contributed by atoms with Gasteiger partial charge in [0.25, 0.3) is 0 Å². The molecule has 25 heavy (non-hydrogen) atoms. The molecule has 8 heteroatoms. The average Bonchev–Trinajstić information content (AvgIpc) is 3.24. The van der Waals surface area contributed by atoms with Crippen molar-refractivity contribution in [2.75, 3.05) is 0 Å². The molecule has 4 rings (SSSR count). The van der Waals surface area contributed by atoms with Crippen molar-refractivity contribution in [3.63, 3.8) is 0 Å². The second-order valence-corrected chi connectivity index (χ2v) is 7.94. The number of aliphatic carboxylic acids is 1. The van der Waals surface area contributed by atoms with Crippen LogP contribution in [0.5, 0.6) is 11.5 Å². The van der Waals surface area contributed by atoms with Crippen LogP contribution in [0.4, 0.5) is 0 Å². The van der Waals surface area contributed by atoms with Crippen LogP contribution in [0.2, 0.25) is 0 Å². The number of hydrogen-bond donors (Lipinski definition) is 2. The van der Waals surface area contributed by atoms with Gasteiger partial charge in [0.2, 0.25) is 11.8 Å². The molecule has 2 fully saturated rings. The molecule has 0 spiro atoms. The highest BCUT2D eigenvalue weighted by atomic mass is 32.2. The van der Waals surface area contributed by atoms with Crippen LogP contribution in [0.3, 0.4) is 0 Å². The summed E-state index contributed by atoms with van der Waals surface area (Å²) in [5.74, 6) is 0.450. The third kappa shape index (κ3) is 2.95. The number of β-lactam (4-membered cyclic amide) rings is 1. The van der Waals surface area contributed by atoms with Gasteiger partial charge in [-0.15, -0.1) is 11.8 Å². The number of amides is 2. The van der Waals surface area contributed by atoms with Crippen LogP contribution < -0.4 is 10.1 Å². The highest BCUT2D eigenvalue weighted by molar-refractivity contribution is 8.02. The Bertz CT molecular complexity index is 717. The van der Waals surface area contributed by atoms with Crippen molar-refractivity contribution in [2.45, 2.75) is 43.5 Å². The van der Waals surface area contributed by atoms with Gasteiger partial charge in [0.05, 0.1) is 11.8 Å². The Hall–Kier alpha value is -2.22. The van der Waals surface area contributed by atoms with Crippen LogP contribution in [-0.2, 0) is 14.4 Å². The fourth-order valence-electron chi connectivity index (χ4n) is 3.15. The Kier molecular flexibility index (Phi) is 4.40. The van der Waals surface area contributed by atoms with E-state index in [4.69, 9.17) is 4.74 Å². The highest BCUT2D eigenvalue weighted by Crippen LogP contribution is 2.53. The molecule has 3 heterocycles. The van der Waals surface area contributed by atoms with Crippen molar-refractivity contribution in [3.05, 3.63) is 24.3 Å². The fourth-order valence-corrected chi connectivity index (χ4v) is 4.86. The lowest BCUT2D eigenvalue weighted by Gasteiger charge is -2.40. The van der Waals surface area contributed by atoms with Gasteiger partial charge < -0.3 is 20.1 Å². The number of carboxylic acids is 1. The molecule has 0 aliphatic carbocycles. The zero-order valence-electron chi connectivity index (χ0n) is 14.2. The van der Waals surface area contributed by atoms with E-state index in [0.717, 1.165) is 11.5 Å². The normalized spacial score (nSPS) is 28.0. The van der Waals surface area contributed by atoms with Crippen LogP contribution in [0.15, 0.2) is 24.3 Å². The van der Waals surface area contributed by atoms with Crippen LogP contribution >= 0.6 is 11.8 Å². The van der Waals surface area contributed by atoms with E-state index in [0.29, 0.717) is 6.42 Å². The molecule has 2 amide bonds. The number of benzene rings is 1. The number of nitrogens with zero attached hydrogens (tertiary/aromatic N) is 1. The van der Waals surface area contributed by atoms with Gasteiger partial charge in [-0.2, -0.15) is 0 Å². The summed E-state index contributed by atoms with van der Waals surface area (Å²) in [6.07, 6.45) is -0.411. The largest absolute Gasteiger partial charge is 0.480 e. The van der Waals surface area contributed by atoms with E-state index in [1.807, 2.05) is 24.3 Å². The van der Waals surface area contributed by atoms with Gasteiger partial charge in [-0.3, -0.25) is 14.4 Å². The first kappa shape index (κ1) is 17.6. The van der Waals surface area contributed by atoms with Gasteiger partial charge in [0, 0.05) is 6.92 Å². The number of fused-ring (bicyclic) bond motifs is 2. The summed E-state index contributed by atoms with van der Waals surface area (Å²) in [4.78, 5) is 36.0. The van der Waals surface area contributed by atoms with Gasteiger partial charge in [-0.25, -0.2) is 0 Å². The molecule has 134 valence electrons. The average molecular weight is 364 g/mol. The predicted molar refractivity (Wildman–Crippen MR) is 92.2 cm³/mol. The van der Waals surface area contributed by atoms with Crippen molar-refractivity contribution in [2.24, 2.45) is 5.92 Å². The number of thioether (sulfide) groups is 1. The Morgan fingerprint density at radius 2 is 1.96 bits per heavy atom. The van der Waals surface area contributed by atoms with Gasteiger partial charge in [-0.1, -0.05) is 26.0 Å². The second kappa shape index (κ2) is 6.25. The standard InChI is InChI=1S/C11H16N2O4S.C6H4O/c1-5(2)11(10(16)17)9(12-6(3)14)13-7(15)4-8(13)18-11;1-2-4-6-5(3-1)7-6/h5,8-9H,4H2,1-3H3,(H,12,14)(H,16,17);1-4H/t8-,9?,11?;/m1./s1. The molecule has 0 bridgehead atoms. The maximum Gasteiger partial charge on any atom is 0.324 e. The zero-order chi connectivity index (χ0) is 18.4. The van der Waals surface area contributed by atoms with Crippen molar-refractivity contribution in [1.29, 1.82) is 0 Å². The molecule has 1 aromatic carbocycles. The molecule has 3 atom stereocenters. The molecule has 2 unspecified atom stereocenters. The molecule has 0 radical (unpaired) electrons. The number of para-hydroxylation sites is 2. The Labute approximate surface area is 149 Å². The lowest BCUT2D eigenvalue weighted by atomic mass is 9.89. The van der Waals surface area contributed by atoms with Gasteiger partial charge in [-0.05, 0) is 18.1 Å². The van der Waals surface area contributed by atoms with E-state index in [2.05, 4.69) is 5.32 Å². The molecular weight excluding hydrogens is 344 g/mol. The van der Waals surface area contributed by atoms with Gasteiger partial charge in [0.15, 0.2) is 16.2 Å². The van der Waals surface area contributed by atoms with Crippen LogP contribution in [-0.4, -0.2) is 44.1 Å². The number of carbonyl (C=O) groups excluding carboxylic acids is 2. The van der Waals surface area contributed by atoms with Crippen molar-refractivity contribution < 1.29 is 24.2 Å². The lowest BCUT2D eigenvalue weighted by Crippen LogP contribution is -2.64. The molecule has 3 aliphatic rings. The minimum Gasteiger partial charge on any atom is -0.480 e. The molecule has 2 saturated heterocycles. The van der Waals surface area contributed by atoms with Crippen LogP contribution in [0.1, 0.15) is 27.2 Å². The third-order valence-electron chi connectivity index (χ3n) is 4.52. The molecule has 1 aromatic rings. The number of hydrogen-bond acceptors (Lipinski definition) is 5. The summed E-state index contributed by atoms with van der Waals surface area (Å²) < 4.78 is 3.77. The second-order valence-electron chi connectivity index (χ2n) is 6.48. The van der Waals surface area contributed by atoms with Crippen LogP contribution in [0, 0.1) is 5.92 Å². The topological polar surface area (TPSA) is 99.2 Å². The fraction of sp³-hybridized carbons (Fsp3) is 0.471. The van der Waals surface area contributed by atoms with E-state index in [-0.39, 0.29) is 23.1 Å². The smallest absolute Gasteiger partial charge is 0.324 e. The van der Waals surface area contributed by atoms with Gasteiger partial charge in [0.1, 0.15) is 6.17 Å².